The van der Waals surface area contributed by atoms with E-state index in [4.69, 9.17) is 11.6 Å². The first-order chi connectivity index (χ1) is 9.40. The SMILES string of the molecule is CC(C)C1CN(c2cc(Br)ccc2Cl)C(C(C)C)CN1. The van der Waals surface area contributed by atoms with Gasteiger partial charge in [-0.15, -0.1) is 0 Å². The van der Waals surface area contributed by atoms with Crippen LogP contribution in [0.4, 0.5) is 5.69 Å². The van der Waals surface area contributed by atoms with Gasteiger partial charge in [-0.05, 0) is 30.0 Å². The van der Waals surface area contributed by atoms with Gasteiger partial charge in [-0.1, -0.05) is 55.2 Å². The second kappa shape index (κ2) is 6.67. The molecule has 4 heteroatoms. The molecular weight excluding hydrogens is 336 g/mol. The Morgan fingerprint density at radius 1 is 1.25 bits per heavy atom. The van der Waals surface area contributed by atoms with Crippen LogP contribution in [0.15, 0.2) is 22.7 Å². The Kier molecular flexibility index (Phi) is 5.38. The fourth-order valence-corrected chi connectivity index (χ4v) is 3.39. The average molecular weight is 360 g/mol. The maximum Gasteiger partial charge on any atom is 0.0640 e. The van der Waals surface area contributed by atoms with E-state index in [1.807, 2.05) is 12.1 Å². The Hall–Kier alpha value is -0.250. The minimum absolute atomic E-state index is 0.483. The zero-order valence-electron chi connectivity index (χ0n) is 12.7. The highest BCUT2D eigenvalue weighted by Gasteiger charge is 2.32. The van der Waals surface area contributed by atoms with Gasteiger partial charge in [0.2, 0.25) is 0 Å². The minimum atomic E-state index is 0.483. The van der Waals surface area contributed by atoms with E-state index in [0.717, 1.165) is 28.3 Å². The van der Waals surface area contributed by atoms with E-state index < -0.39 is 0 Å². The summed E-state index contributed by atoms with van der Waals surface area (Å²) in [5, 5.41) is 4.52. The van der Waals surface area contributed by atoms with Crippen LogP contribution >= 0.6 is 27.5 Å². The largest absolute Gasteiger partial charge is 0.364 e. The first-order valence-corrected chi connectivity index (χ1v) is 8.52. The number of hydrogen-bond acceptors (Lipinski definition) is 2. The van der Waals surface area contributed by atoms with Crippen molar-refractivity contribution in [1.29, 1.82) is 0 Å². The Labute approximate surface area is 136 Å². The summed E-state index contributed by atoms with van der Waals surface area (Å²) in [6, 6.07) is 7.11. The number of anilines is 1. The van der Waals surface area contributed by atoms with Gasteiger partial charge in [0, 0.05) is 29.6 Å². The van der Waals surface area contributed by atoms with E-state index in [9.17, 15) is 0 Å². The van der Waals surface area contributed by atoms with E-state index >= 15 is 0 Å². The van der Waals surface area contributed by atoms with Crippen LogP contribution in [0.5, 0.6) is 0 Å². The summed E-state index contributed by atoms with van der Waals surface area (Å²) < 4.78 is 1.08. The molecule has 2 unspecified atom stereocenters. The highest BCUT2D eigenvalue weighted by atomic mass is 79.9. The molecule has 0 aromatic heterocycles. The van der Waals surface area contributed by atoms with Crippen molar-refractivity contribution in [3.05, 3.63) is 27.7 Å². The number of halogens is 2. The van der Waals surface area contributed by atoms with E-state index in [0.29, 0.717) is 23.9 Å². The lowest BCUT2D eigenvalue weighted by atomic mass is 9.93. The second-order valence-electron chi connectivity index (χ2n) is 6.32. The number of benzene rings is 1. The smallest absolute Gasteiger partial charge is 0.0640 e. The first kappa shape index (κ1) is 16.1. The number of nitrogens with zero attached hydrogens (tertiary/aromatic N) is 1. The van der Waals surface area contributed by atoms with Gasteiger partial charge in [0.1, 0.15) is 0 Å². The molecule has 0 amide bonds. The van der Waals surface area contributed by atoms with Crippen LogP contribution < -0.4 is 10.2 Å². The molecule has 20 heavy (non-hydrogen) atoms. The molecule has 1 fully saturated rings. The summed E-state index contributed by atoms with van der Waals surface area (Å²) >= 11 is 10.0. The highest BCUT2D eigenvalue weighted by molar-refractivity contribution is 9.10. The molecule has 1 aliphatic heterocycles. The standard InChI is InChI=1S/C16H24BrClN2/c1-10(2)14-9-20(16(8-19-14)11(3)4)15-7-12(17)5-6-13(15)18/h5-7,10-11,14,16,19H,8-9H2,1-4H3. The predicted octanol–water partition coefficient (Wildman–Crippen LogP) is 4.56. The molecular formula is C16H24BrClN2. The van der Waals surface area contributed by atoms with Crippen LogP contribution in [0.2, 0.25) is 5.02 Å². The van der Waals surface area contributed by atoms with E-state index in [-0.39, 0.29) is 0 Å². The molecule has 1 aromatic rings. The third-order valence-corrected chi connectivity index (χ3v) is 4.99. The lowest BCUT2D eigenvalue weighted by Crippen LogP contribution is -2.60. The Morgan fingerprint density at radius 3 is 2.55 bits per heavy atom. The van der Waals surface area contributed by atoms with Crippen molar-refractivity contribution in [1.82, 2.24) is 5.32 Å². The summed E-state index contributed by atoms with van der Waals surface area (Å²) in [5.41, 5.74) is 1.15. The van der Waals surface area contributed by atoms with Gasteiger partial charge < -0.3 is 10.2 Å². The molecule has 0 spiro atoms. The summed E-state index contributed by atoms with van der Waals surface area (Å²) in [5.74, 6) is 1.21. The van der Waals surface area contributed by atoms with Crippen LogP contribution in [-0.4, -0.2) is 25.2 Å². The van der Waals surface area contributed by atoms with Gasteiger partial charge >= 0.3 is 0 Å². The second-order valence-corrected chi connectivity index (χ2v) is 7.64. The van der Waals surface area contributed by atoms with Gasteiger partial charge in [0.15, 0.2) is 0 Å². The van der Waals surface area contributed by atoms with Gasteiger partial charge in [-0.25, -0.2) is 0 Å². The number of rotatable bonds is 3. The third-order valence-electron chi connectivity index (χ3n) is 4.17. The predicted molar refractivity (Wildman–Crippen MR) is 91.8 cm³/mol. The van der Waals surface area contributed by atoms with E-state index in [1.165, 1.54) is 0 Å². The lowest BCUT2D eigenvalue weighted by molar-refractivity contribution is 0.295. The number of hydrogen-bond donors (Lipinski definition) is 1. The van der Waals surface area contributed by atoms with Crippen LogP contribution in [-0.2, 0) is 0 Å². The quantitative estimate of drug-likeness (QED) is 0.851. The average Bonchev–Trinajstić information content (AvgIpc) is 2.40. The highest BCUT2D eigenvalue weighted by Crippen LogP contribution is 2.33. The maximum absolute atomic E-state index is 6.44. The minimum Gasteiger partial charge on any atom is -0.364 e. The third kappa shape index (κ3) is 3.49. The molecule has 1 saturated heterocycles. The monoisotopic (exact) mass is 358 g/mol. The van der Waals surface area contributed by atoms with Crippen LogP contribution in [0, 0.1) is 11.8 Å². The van der Waals surface area contributed by atoms with Crippen LogP contribution in [0.25, 0.3) is 0 Å². The zero-order valence-corrected chi connectivity index (χ0v) is 15.0. The fourth-order valence-electron chi connectivity index (χ4n) is 2.82. The Balaban J connectivity index is 2.33. The fraction of sp³-hybridized carbons (Fsp3) is 0.625. The molecule has 2 rings (SSSR count). The summed E-state index contributed by atoms with van der Waals surface area (Å²) in [6.45, 7) is 11.1. The number of piperazine rings is 1. The van der Waals surface area contributed by atoms with Gasteiger partial charge in [-0.2, -0.15) is 0 Å². The molecule has 0 aliphatic carbocycles. The van der Waals surface area contributed by atoms with E-state index in [1.54, 1.807) is 0 Å². The lowest BCUT2D eigenvalue weighted by Gasteiger charge is -2.45. The normalized spacial score (nSPS) is 23.7. The molecule has 2 atom stereocenters. The van der Waals surface area contributed by atoms with Crippen molar-refractivity contribution in [2.24, 2.45) is 11.8 Å². The van der Waals surface area contributed by atoms with Crippen molar-refractivity contribution >= 4 is 33.2 Å². The number of nitrogens with one attached hydrogen (secondary N) is 1. The summed E-state index contributed by atoms with van der Waals surface area (Å²) in [4.78, 5) is 2.49. The summed E-state index contributed by atoms with van der Waals surface area (Å²) in [6.07, 6.45) is 0. The van der Waals surface area contributed by atoms with Gasteiger partial charge in [0.05, 0.1) is 10.7 Å². The van der Waals surface area contributed by atoms with Crippen molar-refractivity contribution < 1.29 is 0 Å². The maximum atomic E-state index is 6.44. The molecule has 1 heterocycles. The zero-order chi connectivity index (χ0) is 14.9. The van der Waals surface area contributed by atoms with E-state index in [2.05, 4.69) is 59.9 Å². The molecule has 2 nitrogen and oxygen atoms in total. The molecule has 0 radical (unpaired) electrons. The van der Waals surface area contributed by atoms with Crippen molar-refractivity contribution in [2.75, 3.05) is 18.0 Å². The summed E-state index contributed by atoms with van der Waals surface area (Å²) in [7, 11) is 0. The van der Waals surface area contributed by atoms with Crippen molar-refractivity contribution in [3.8, 4) is 0 Å². The molecule has 0 saturated carbocycles. The van der Waals surface area contributed by atoms with Crippen molar-refractivity contribution in [3.63, 3.8) is 0 Å². The Bertz CT molecular complexity index is 462. The molecule has 0 bridgehead atoms. The molecule has 1 N–H and O–H groups in total. The molecule has 112 valence electrons. The van der Waals surface area contributed by atoms with Crippen LogP contribution in [0.3, 0.4) is 0 Å². The molecule has 1 aromatic carbocycles. The molecule has 1 aliphatic rings. The van der Waals surface area contributed by atoms with Crippen LogP contribution in [0.1, 0.15) is 27.7 Å². The Morgan fingerprint density at radius 2 is 1.95 bits per heavy atom. The first-order valence-electron chi connectivity index (χ1n) is 7.35. The topological polar surface area (TPSA) is 15.3 Å². The van der Waals surface area contributed by atoms with Crippen molar-refractivity contribution in [2.45, 2.75) is 39.8 Å². The van der Waals surface area contributed by atoms with Gasteiger partial charge in [-0.3, -0.25) is 0 Å². The van der Waals surface area contributed by atoms with Gasteiger partial charge in [0.25, 0.3) is 0 Å².